The van der Waals surface area contributed by atoms with Crippen LogP contribution in [0.2, 0.25) is 0 Å². The van der Waals surface area contributed by atoms with Gasteiger partial charge >= 0.3 is 5.97 Å². The minimum atomic E-state index is -1.05. The quantitative estimate of drug-likeness (QED) is 0.887. The molecular weight excluding hydrogens is 336 g/mol. The van der Waals surface area contributed by atoms with Gasteiger partial charge in [0, 0.05) is 19.1 Å². The van der Waals surface area contributed by atoms with Crippen LogP contribution in [-0.2, 0) is 15.8 Å². The Labute approximate surface area is 153 Å². The fraction of sp³-hybridized carbons (Fsp3) is 0.632. The van der Waals surface area contributed by atoms with Gasteiger partial charge in [0.15, 0.2) is 0 Å². The molecule has 1 unspecified atom stereocenters. The molecule has 6 heteroatoms. The van der Waals surface area contributed by atoms with Crippen LogP contribution in [0.1, 0.15) is 63.2 Å². The first-order chi connectivity index (χ1) is 11.9. The summed E-state index contributed by atoms with van der Waals surface area (Å²) in [5.41, 5.74) is 0.572. The van der Waals surface area contributed by atoms with Crippen molar-refractivity contribution < 1.29 is 13.8 Å². The van der Waals surface area contributed by atoms with Gasteiger partial charge in [-0.2, -0.15) is 0 Å². The highest BCUT2D eigenvalue weighted by Gasteiger charge is 2.24. The summed E-state index contributed by atoms with van der Waals surface area (Å²) >= 11 is 0. The summed E-state index contributed by atoms with van der Waals surface area (Å²) in [6.45, 7) is 7.40. The Balaban J connectivity index is 1.85. The number of carbonyl (C=O) groups excluding carboxylic acids is 1. The van der Waals surface area contributed by atoms with E-state index in [-0.39, 0.29) is 16.8 Å². The third-order valence-corrected chi connectivity index (χ3v) is 5.88. The van der Waals surface area contributed by atoms with E-state index in [1.165, 1.54) is 0 Å². The van der Waals surface area contributed by atoms with E-state index in [9.17, 15) is 9.00 Å². The SMILES string of the molecule is CC(C)(C)[S@@](=O)NC1CCCCN(OC(=O)c2ccccc2)CCC1. The van der Waals surface area contributed by atoms with Crippen LogP contribution in [0.3, 0.4) is 0 Å². The molecule has 0 radical (unpaired) electrons. The van der Waals surface area contributed by atoms with Crippen molar-refractivity contribution in [1.82, 2.24) is 9.79 Å². The maximum atomic E-state index is 12.3. The predicted octanol–water partition coefficient (Wildman–Crippen LogP) is 3.44. The zero-order valence-electron chi connectivity index (χ0n) is 15.5. The Hall–Kier alpha value is -1.24. The molecule has 2 atom stereocenters. The van der Waals surface area contributed by atoms with E-state index in [2.05, 4.69) is 4.72 Å². The van der Waals surface area contributed by atoms with Crippen molar-refractivity contribution in [2.45, 2.75) is 63.7 Å². The lowest BCUT2D eigenvalue weighted by molar-refractivity contribution is -0.110. The Morgan fingerprint density at radius 1 is 1.12 bits per heavy atom. The van der Waals surface area contributed by atoms with E-state index < -0.39 is 11.0 Å². The fourth-order valence-corrected chi connectivity index (χ4v) is 3.62. The average Bonchev–Trinajstić information content (AvgIpc) is 2.67. The molecule has 1 saturated heterocycles. The summed E-state index contributed by atoms with van der Waals surface area (Å²) in [5.74, 6) is -0.302. The van der Waals surface area contributed by atoms with Crippen LogP contribution in [0, 0.1) is 0 Å². The Morgan fingerprint density at radius 2 is 1.76 bits per heavy atom. The van der Waals surface area contributed by atoms with Crippen molar-refractivity contribution in [3.63, 3.8) is 0 Å². The van der Waals surface area contributed by atoms with E-state index in [1.54, 1.807) is 17.2 Å². The van der Waals surface area contributed by atoms with Gasteiger partial charge in [0.05, 0.1) is 21.3 Å². The number of hydrogen-bond acceptors (Lipinski definition) is 4. The van der Waals surface area contributed by atoms with Crippen molar-refractivity contribution in [3.8, 4) is 0 Å². The number of benzene rings is 1. The second kappa shape index (κ2) is 9.46. The summed E-state index contributed by atoms with van der Waals surface area (Å²) in [6.07, 6.45) is 4.82. The Kier molecular flexibility index (Phi) is 7.59. The van der Waals surface area contributed by atoms with Gasteiger partial charge in [0.25, 0.3) is 0 Å². The molecule has 1 aliphatic heterocycles. The second-order valence-corrected chi connectivity index (χ2v) is 9.51. The Bertz CT molecular complexity index is 572. The molecule has 25 heavy (non-hydrogen) atoms. The highest BCUT2D eigenvalue weighted by atomic mass is 32.2. The van der Waals surface area contributed by atoms with Crippen molar-refractivity contribution >= 4 is 17.0 Å². The first-order valence-electron chi connectivity index (χ1n) is 9.06. The Morgan fingerprint density at radius 3 is 2.44 bits per heavy atom. The topological polar surface area (TPSA) is 58.6 Å². The predicted molar refractivity (Wildman–Crippen MR) is 101 cm³/mol. The molecule has 1 fully saturated rings. The minimum absolute atomic E-state index is 0.254. The largest absolute Gasteiger partial charge is 0.364 e. The lowest BCUT2D eigenvalue weighted by Gasteiger charge is -2.24. The van der Waals surface area contributed by atoms with Crippen LogP contribution in [0.4, 0.5) is 0 Å². The molecule has 0 amide bonds. The van der Waals surface area contributed by atoms with E-state index in [4.69, 9.17) is 4.84 Å². The molecule has 2 rings (SSSR count). The van der Waals surface area contributed by atoms with Gasteiger partial charge in [-0.05, 0) is 58.6 Å². The number of rotatable bonds is 4. The van der Waals surface area contributed by atoms with Crippen molar-refractivity contribution in [2.24, 2.45) is 0 Å². The van der Waals surface area contributed by atoms with Crippen LogP contribution >= 0.6 is 0 Å². The molecular formula is C19H30N2O3S. The zero-order valence-corrected chi connectivity index (χ0v) is 16.3. The van der Waals surface area contributed by atoms with E-state index in [0.29, 0.717) is 12.1 Å². The van der Waals surface area contributed by atoms with Gasteiger partial charge in [-0.25, -0.2) is 13.7 Å². The van der Waals surface area contributed by atoms with E-state index in [0.717, 1.165) is 38.6 Å². The van der Waals surface area contributed by atoms with Crippen molar-refractivity contribution in [3.05, 3.63) is 35.9 Å². The molecule has 0 bridgehead atoms. The molecule has 1 heterocycles. The van der Waals surface area contributed by atoms with Gasteiger partial charge in [0.1, 0.15) is 0 Å². The number of nitrogens with one attached hydrogen (secondary N) is 1. The van der Waals surface area contributed by atoms with E-state index >= 15 is 0 Å². The fourth-order valence-electron chi connectivity index (χ4n) is 2.73. The van der Waals surface area contributed by atoms with E-state index in [1.807, 2.05) is 39.0 Å². The minimum Gasteiger partial charge on any atom is -0.364 e. The standard InChI is InChI=1S/C19H30N2O3S/c1-19(2,3)25(23)20-17-12-7-8-14-21(15-9-13-17)24-18(22)16-10-5-4-6-11-16/h4-6,10-11,17,20H,7-9,12-15H2,1-3H3/t17?,25-/m1/s1. The number of nitrogens with zero attached hydrogens (tertiary/aromatic N) is 1. The smallest absolute Gasteiger partial charge is 0.357 e. The summed E-state index contributed by atoms with van der Waals surface area (Å²) in [7, 11) is -1.05. The molecule has 0 spiro atoms. The summed E-state index contributed by atoms with van der Waals surface area (Å²) in [4.78, 5) is 17.8. The van der Waals surface area contributed by atoms with Gasteiger partial charge < -0.3 is 4.84 Å². The van der Waals surface area contributed by atoms with Crippen molar-refractivity contribution in [2.75, 3.05) is 13.1 Å². The lowest BCUT2D eigenvalue weighted by Crippen LogP contribution is -2.40. The highest BCUT2D eigenvalue weighted by Crippen LogP contribution is 2.17. The number of hydroxylamine groups is 2. The first kappa shape index (κ1) is 20.1. The van der Waals surface area contributed by atoms with Crippen molar-refractivity contribution in [1.29, 1.82) is 0 Å². The number of hydrogen-bond donors (Lipinski definition) is 1. The van der Waals surface area contributed by atoms with Gasteiger partial charge in [-0.3, -0.25) is 0 Å². The van der Waals surface area contributed by atoms with Crippen LogP contribution < -0.4 is 4.72 Å². The van der Waals surface area contributed by atoms with Crippen LogP contribution in [0.15, 0.2) is 30.3 Å². The summed E-state index contributed by atoms with van der Waals surface area (Å²) in [5, 5.41) is 1.78. The molecule has 1 aromatic rings. The number of carbonyl (C=O) groups is 1. The first-order valence-corrected chi connectivity index (χ1v) is 10.2. The molecule has 0 aliphatic carbocycles. The highest BCUT2D eigenvalue weighted by molar-refractivity contribution is 7.84. The monoisotopic (exact) mass is 366 g/mol. The normalized spacial score (nSPS) is 21.6. The van der Waals surface area contributed by atoms with Gasteiger partial charge in [-0.1, -0.05) is 24.6 Å². The molecule has 0 saturated carbocycles. The third-order valence-electron chi connectivity index (χ3n) is 4.22. The molecule has 1 aliphatic rings. The van der Waals surface area contributed by atoms with Gasteiger partial charge in [0.2, 0.25) is 0 Å². The molecule has 1 aromatic carbocycles. The van der Waals surface area contributed by atoms with Gasteiger partial charge in [-0.15, -0.1) is 5.06 Å². The van der Waals surface area contributed by atoms with Crippen LogP contribution in [-0.4, -0.2) is 39.1 Å². The molecule has 1 N–H and O–H groups in total. The molecule has 5 nitrogen and oxygen atoms in total. The maximum Gasteiger partial charge on any atom is 0.357 e. The lowest BCUT2D eigenvalue weighted by atomic mass is 10.1. The van der Waals surface area contributed by atoms with Crippen LogP contribution in [0.5, 0.6) is 0 Å². The second-order valence-electron chi connectivity index (χ2n) is 7.51. The summed E-state index contributed by atoms with van der Waals surface area (Å²) in [6, 6.07) is 9.33. The van der Waals surface area contributed by atoms with Crippen LogP contribution in [0.25, 0.3) is 0 Å². The maximum absolute atomic E-state index is 12.3. The summed E-state index contributed by atoms with van der Waals surface area (Å²) < 4.78 is 15.3. The average molecular weight is 367 g/mol. The third kappa shape index (κ3) is 6.88. The molecule has 0 aromatic heterocycles. The molecule has 140 valence electrons. The zero-order chi connectivity index (χ0) is 18.3.